The van der Waals surface area contributed by atoms with Crippen LogP contribution in [0.25, 0.3) is 10.2 Å². The molecule has 126 valence electrons. The molecule has 0 atom stereocenters. The summed E-state index contributed by atoms with van der Waals surface area (Å²) in [6.45, 7) is 0.775. The molecule has 2 aromatic rings. The monoisotopic (exact) mass is 347 g/mol. The number of para-hydroxylation sites is 1. The lowest BCUT2D eigenvalue weighted by atomic mass is 10.2. The number of rotatable bonds is 6. The van der Waals surface area contributed by atoms with Gasteiger partial charge in [0.15, 0.2) is 5.13 Å². The first-order valence-corrected chi connectivity index (χ1v) is 7.58. The third-order valence-corrected chi connectivity index (χ3v) is 4.18. The van der Waals surface area contributed by atoms with E-state index in [0.29, 0.717) is 23.0 Å². The fourth-order valence-electron chi connectivity index (χ4n) is 1.96. The molecule has 0 unspecified atom stereocenters. The summed E-state index contributed by atoms with van der Waals surface area (Å²) >= 11 is 1.12. The van der Waals surface area contributed by atoms with Crippen molar-refractivity contribution >= 4 is 32.6 Å². The van der Waals surface area contributed by atoms with Crippen LogP contribution in [0, 0.1) is 0 Å². The quantitative estimate of drug-likeness (QED) is 0.816. The maximum absolute atomic E-state index is 13.0. The zero-order valence-electron chi connectivity index (χ0n) is 12.6. The van der Waals surface area contributed by atoms with Crippen molar-refractivity contribution in [1.82, 2.24) is 10.3 Å². The van der Waals surface area contributed by atoms with Crippen LogP contribution < -0.4 is 10.2 Å². The van der Waals surface area contributed by atoms with E-state index in [0.717, 1.165) is 17.4 Å². The minimum Gasteiger partial charge on any atom is -0.383 e. The predicted molar refractivity (Wildman–Crippen MR) is 82.8 cm³/mol. The van der Waals surface area contributed by atoms with E-state index in [1.807, 2.05) is 0 Å². The molecule has 0 saturated carbocycles. The number of hydrogen-bond donors (Lipinski definition) is 1. The first-order chi connectivity index (χ1) is 10.8. The van der Waals surface area contributed by atoms with Crippen molar-refractivity contribution in [2.24, 2.45) is 0 Å². The number of nitrogens with zero attached hydrogens (tertiary/aromatic N) is 2. The zero-order valence-corrected chi connectivity index (χ0v) is 13.4. The summed E-state index contributed by atoms with van der Waals surface area (Å²) in [6.07, 6.45) is -4.46. The predicted octanol–water partition coefficient (Wildman–Crippen LogP) is 2.51. The van der Waals surface area contributed by atoms with E-state index in [-0.39, 0.29) is 18.0 Å². The Bertz CT molecular complexity index is 687. The molecule has 1 N–H and O–H groups in total. The number of anilines is 1. The van der Waals surface area contributed by atoms with E-state index >= 15 is 0 Å². The molecule has 5 nitrogen and oxygen atoms in total. The van der Waals surface area contributed by atoms with E-state index in [9.17, 15) is 18.0 Å². The second-order valence-corrected chi connectivity index (χ2v) is 5.85. The van der Waals surface area contributed by atoms with Gasteiger partial charge >= 0.3 is 6.18 Å². The number of carbonyl (C=O) groups excluding carboxylic acids is 1. The molecule has 0 fully saturated rings. The largest absolute Gasteiger partial charge is 0.418 e. The van der Waals surface area contributed by atoms with Gasteiger partial charge in [0.05, 0.1) is 28.9 Å². The van der Waals surface area contributed by atoms with Crippen LogP contribution in [0.2, 0.25) is 0 Å². The topological polar surface area (TPSA) is 54.5 Å². The van der Waals surface area contributed by atoms with Gasteiger partial charge in [0, 0.05) is 20.7 Å². The molecule has 0 aliphatic rings. The number of fused-ring (bicyclic) bond motifs is 1. The molecule has 0 bridgehead atoms. The van der Waals surface area contributed by atoms with Crippen LogP contribution in [0.4, 0.5) is 18.3 Å². The normalized spacial score (nSPS) is 11.7. The summed E-state index contributed by atoms with van der Waals surface area (Å²) in [6, 6.07) is 3.94. The van der Waals surface area contributed by atoms with Crippen molar-refractivity contribution in [3.05, 3.63) is 23.8 Å². The molecule has 23 heavy (non-hydrogen) atoms. The van der Waals surface area contributed by atoms with Gasteiger partial charge in [-0.3, -0.25) is 4.79 Å². The van der Waals surface area contributed by atoms with Gasteiger partial charge in [-0.1, -0.05) is 17.4 Å². The number of likely N-dealkylation sites (N-methyl/N-ethyl adjacent to an activating group) is 1. The van der Waals surface area contributed by atoms with E-state index in [1.54, 1.807) is 13.1 Å². The van der Waals surface area contributed by atoms with Crippen molar-refractivity contribution in [3.63, 3.8) is 0 Å². The molecular weight excluding hydrogens is 331 g/mol. The fourth-order valence-corrected chi connectivity index (χ4v) is 2.91. The highest BCUT2D eigenvalue weighted by atomic mass is 32.1. The number of thiazole rings is 1. The van der Waals surface area contributed by atoms with Gasteiger partial charge in [0.1, 0.15) is 0 Å². The molecule has 9 heteroatoms. The maximum atomic E-state index is 13.0. The third kappa shape index (κ3) is 4.32. The smallest absolute Gasteiger partial charge is 0.383 e. The molecule has 0 saturated heterocycles. The van der Waals surface area contributed by atoms with E-state index in [2.05, 4.69) is 10.3 Å². The summed E-state index contributed by atoms with van der Waals surface area (Å²) in [5.74, 6) is -0.250. The average Bonchev–Trinajstić information content (AvgIpc) is 2.90. The van der Waals surface area contributed by atoms with Crippen LogP contribution >= 0.6 is 11.3 Å². The Morgan fingerprint density at radius 3 is 2.83 bits per heavy atom. The van der Waals surface area contributed by atoms with Gasteiger partial charge in [0.2, 0.25) is 5.91 Å². The number of hydrogen-bond acceptors (Lipinski definition) is 5. The van der Waals surface area contributed by atoms with Crippen LogP contribution in [-0.2, 0) is 15.7 Å². The number of alkyl halides is 3. The Morgan fingerprint density at radius 1 is 1.43 bits per heavy atom. The number of nitrogens with one attached hydrogen (secondary N) is 1. The second kappa shape index (κ2) is 7.14. The first-order valence-electron chi connectivity index (χ1n) is 6.76. The fraction of sp³-hybridized carbons (Fsp3) is 0.429. The zero-order chi connectivity index (χ0) is 17.0. The minimum absolute atomic E-state index is 0.00485. The number of benzene rings is 1. The van der Waals surface area contributed by atoms with Gasteiger partial charge < -0.3 is 15.0 Å². The number of ether oxygens (including phenoxy) is 1. The molecule has 0 radical (unpaired) electrons. The van der Waals surface area contributed by atoms with E-state index < -0.39 is 11.7 Å². The number of methoxy groups -OCH3 is 1. The Morgan fingerprint density at radius 2 is 2.17 bits per heavy atom. The van der Waals surface area contributed by atoms with Crippen molar-refractivity contribution in [2.45, 2.75) is 6.18 Å². The van der Waals surface area contributed by atoms with E-state index in [1.165, 1.54) is 18.1 Å². The maximum Gasteiger partial charge on any atom is 0.418 e. The van der Waals surface area contributed by atoms with Gasteiger partial charge in [-0.05, 0) is 12.1 Å². The van der Waals surface area contributed by atoms with Gasteiger partial charge in [-0.2, -0.15) is 13.2 Å². The summed E-state index contributed by atoms with van der Waals surface area (Å²) in [4.78, 5) is 17.3. The van der Waals surface area contributed by atoms with Crippen molar-refractivity contribution < 1.29 is 22.7 Å². The second-order valence-electron chi connectivity index (χ2n) is 4.85. The van der Waals surface area contributed by atoms with E-state index in [4.69, 9.17) is 4.74 Å². The van der Waals surface area contributed by atoms with Crippen LogP contribution in [0.15, 0.2) is 18.2 Å². The number of carbonyl (C=O) groups is 1. The summed E-state index contributed by atoms with van der Waals surface area (Å²) in [7, 11) is 3.14. The molecule has 1 amide bonds. The van der Waals surface area contributed by atoms with Crippen LogP contribution in [0.5, 0.6) is 0 Å². The minimum atomic E-state index is -4.46. The van der Waals surface area contributed by atoms with Crippen molar-refractivity contribution in [2.75, 3.05) is 38.8 Å². The molecule has 1 heterocycles. The van der Waals surface area contributed by atoms with Crippen LogP contribution in [0.3, 0.4) is 0 Å². The highest BCUT2D eigenvalue weighted by molar-refractivity contribution is 7.22. The van der Waals surface area contributed by atoms with Gasteiger partial charge in [0.25, 0.3) is 0 Å². The molecular formula is C14H16F3N3O2S. The van der Waals surface area contributed by atoms with Crippen molar-refractivity contribution in [3.8, 4) is 0 Å². The highest BCUT2D eigenvalue weighted by Crippen LogP contribution is 2.38. The van der Waals surface area contributed by atoms with Crippen LogP contribution in [0.1, 0.15) is 5.56 Å². The average molecular weight is 347 g/mol. The summed E-state index contributed by atoms with van der Waals surface area (Å²) in [5, 5.41) is 3.00. The molecule has 2 rings (SSSR count). The molecule has 0 aliphatic carbocycles. The Hall–Kier alpha value is -1.87. The number of halogens is 3. The highest BCUT2D eigenvalue weighted by Gasteiger charge is 2.33. The first kappa shape index (κ1) is 17.5. The summed E-state index contributed by atoms with van der Waals surface area (Å²) < 4.78 is 44.2. The lowest BCUT2D eigenvalue weighted by Crippen LogP contribution is -2.36. The standard InChI is InChI=1S/C14H16F3N3O2S/c1-20(8-11(21)18-6-7-22-2)13-19-12-9(14(15,16)17)4-3-5-10(12)23-13/h3-5H,6-8H2,1-2H3,(H,18,21). The van der Waals surface area contributed by atoms with Crippen molar-refractivity contribution in [1.29, 1.82) is 0 Å². The molecule has 0 spiro atoms. The Labute approximate surface area is 135 Å². The SMILES string of the molecule is COCCNC(=O)CN(C)c1nc2c(C(F)(F)F)cccc2s1. The Balaban J connectivity index is 2.16. The number of aromatic nitrogens is 1. The van der Waals surface area contributed by atoms with Crippen LogP contribution in [-0.4, -0.2) is 44.7 Å². The lowest BCUT2D eigenvalue weighted by molar-refractivity contribution is -0.136. The lowest BCUT2D eigenvalue weighted by Gasteiger charge is -2.15. The molecule has 0 aliphatic heterocycles. The summed E-state index contributed by atoms with van der Waals surface area (Å²) in [5.41, 5.74) is -0.859. The third-order valence-electron chi connectivity index (χ3n) is 3.05. The van der Waals surface area contributed by atoms with Gasteiger partial charge in [-0.15, -0.1) is 0 Å². The molecule has 1 aromatic heterocycles. The van der Waals surface area contributed by atoms with Gasteiger partial charge in [-0.25, -0.2) is 4.98 Å². The number of amides is 1. The Kier molecular flexibility index (Phi) is 5.42. The molecule has 1 aromatic carbocycles.